The normalized spacial score (nSPS) is 12.5. The molecule has 0 amide bonds. The van der Waals surface area contributed by atoms with Gasteiger partial charge < -0.3 is 10.5 Å². The fourth-order valence-corrected chi connectivity index (χ4v) is 0.952. The molecule has 1 aromatic heterocycles. The topological polar surface area (TPSA) is 70.1 Å². The van der Waals surface area contributed by atoms with Crippen LogP contribution in [0.2, 0.25) is 0 Å². The van der Waals surface area contributed by atoms with Gasteiger partial charge in [0.05, 0.1) is 12.3 Å². The molecule has 1 atom stereocenters. The number of carbonyl (C=O) groups is 1. The summed E-state index contributed by atoms with van der Waals surface area (Å²) in [5.41, 5.74) is 6.12. The number of aryl methyl sites for hydroxylation is 1. The van der Waals surface area contributed by atoms with E-state index in [1.807, 2.05) is 0 Å². The van der Waals surface area contributed by atoms with Crippen molar-refractivity contribution >= 4 is 5.97 Å². The number of nitrogens with zero attached hydrogens (tertiary/aromatic N) is 2. The van der Waals surface area contributed by atoms with Crippen molar-refractivity contribution in [3.8, 4) is 0 Å². The fraction of sp³-hybridized carbons (Fsp3) is 0.500. The largest absolute Gasteiger partial charge is 0.465 e. The fourth-order valence-electron chi connectivity index (χ4n) is 0.952. The van der Waals surface area contributed by atoms with E-state index in [-0.39, 0.29) is 0 Å². The van der Waals surface area contributed by atoms with Gasteiger partial charge in [-0.2, -0.15) is 5.10 Å². The number of carbonyl (C=O) groups excluding carboxylic acids is 1. The second-order valence-electron chi connectivity index (χ2n) is 2.64. The Kier molecular flexibility index (Phi) is 3.02. The Morgan fingerprint density at radius 3 is 3.00 bits per heavy atom. The molecule has 0 fully saturated rings. The van der Waals surface area contributed by atoms with Crippen molar-refractivity contribution in [2.75, 3.05) is 6.61 Å². The van der Waals surface area contributed by atoms with Gasteiger partial charge in [0.2, 0.25) is 0 Å². The minimum atomic E-state index is -0.777. The van der Waals surface area contributed by atoms with E-state index < -0.39 is 12.0 Å². The van der Waals surface area contributed by atoms with Crippen molar-refractivity contribution in [3.63, 3.8) is 0 Å². The van der Waals surface area contributed by atoms with Gasteiger partial charge in [0.25, 0.3) is 0 Å². The van der Waals surface area contributed by atoms with Gasteiger partial charge in [0.1, 0.15) is 6.04 Å². The van der Waals surface area contributed by atoms with Crippen LogP contribution >= 0.6 is 0 Å². The van der Waals surface area contributed by atoms with Gasteiger partial charge in [-0.25, -0.2) is 4.79 Å². The Balaban J connectivity index is 2.67. The van der Waals surface area contributed by atoms with Crippen molar-refractivity contribution in [2.45, 2.75) is 13.0 Å². The third-order valence-corrected chi connectivity index (χ3v) is 1.59. The smallest absolute Gasteiger partial charge is 0.329 e. The monoisotopic (exact) mass is 183 g/mol. The number of nitrogens with two attached hydrogens (primary N) is 1. The highest BCUT2D eigenvalue weighted by Gasteiger charge is 2.18. The molecule has 0 saturated heterocycles. The number of aromatic nitrogens is 2. The van der Waals surface area contributed by atoms with Crippen molar-refractivity contribution in [3.05, 3.63) is 18.0 Å². The van der Waals surface area contributed by atoms with Crippen molar-refractivity contribution < 1.29 is 9.53 Å². The second-order valence-corrected chi connectivity index (χ2v) is 2.64. The number of hydrogen-bond donors (Lipinski definition) is 1. The minimum absolute atomic E-state index is 0.333. The van der Waals surface area contributed by atoms with Crippen molar-refractivity contribution in [2.24, 2.45) is 12.8 Å². The molecule has 5 nitrogen and oxygen atoms in total. The Morgan fingerprint density at radius 1 is 1.85 bits per heavy atom. The van der Waals surface area contributed by atoms with E-state index in [2.05, 4.69) is 5.10 Å². The van der Waals surface area contributed by atoms with Crippen molar-refractivity contribution in [1.82, 2.24) is 9.78 Å². The van der Waals surface area contributed by atoms with E-state index in [0.29, 0.717) is 12.3 Å². The maximum absolute atomic E-state index is 11.2. The number of ether oxygens (including phenoxy) is 1. The first-order chi connectivity index (χ1) is 6.15. The Hall–Kier alpha value is -1.36. The first-order valence-corrected chi connectivity index (χ1v) is 4.07. The zero-order chi connectivity index (χ0) is 9.84. The van der Waals surface area contributed by atoms with Crippen LogP contribution in [0.1, 0.15) is 18.7 Å². The molecule has 1 aromatic rings. The van der Waals surface area contributed by atoms with E-state index in [9.17, 15) is 4.79 Å². The molecule has 0 spiro atoms. The lowest BCUT2D eigenvalue weighted by atomic mass is 10.2. The molecular weight excluding hydrogens is 170 g/mol. The number of rotatable bonds is 3. The molecule has 0 bridgehead atoms. The van der Waals surface area contributed by atoms with E-state index in [1.54, 1.807) is 30.9 Å². The van der Waals surface area contributed by atoms with E-state index in [0.717, 1.165) is 0 Å². The Labute approximate surface area is 76.5 Å². The molecule has 13 heavy (non-hydrogen) atoms. The first kappa shape index (κ1) is 9.73. The van der Waals surface area contributed by atoms with E-state index in [4.69, 9.17) is 10.5 Å². The molecule has 72 valence electrons. The van der Waals surface area contributed by atoms with E-state index in [1.165, 1.54) is 0 Å². The summed E-state index contributed by atoms with van der Waals surface area (Å²) < 4.78 is 6.35. The zero-order valence-electron chi connectivity index (χ0n) is 7.73. The molecule has 0 aromatic carbocycles. The van der Waals surface area contributed by atoms with E-state index >= 15 is 0 Å². The summed E-state index contributed by atoms with van der Waals surface area (Å²) in [7, 11) is 1.77. The lowest BCUT2D eigenvalue weighted by molar-refractivity contribution is -0.144. The summed E-state index contributed by atoms with van der Waals surface area (Å²) in [5.74, 6) is -0.443. The number of esters is 1. The molecule has 5 heteroatoms. The quantitative estimate of drug-likeness (QED) is 0.669. The van der Waals surface area contributed by atoms with Gasteiger partial charge in [-0.05, 0) is 13.0 Å². The molecule has 0 aliphatic heterocycles. The highest BCUT2D eigenvalue weighted by molar-refractivity contribution is 5.76. The molecule has 1 unspecified atom stereocenters. The summed E-state index contributed by atoms with van der Waals surface area (Å²) in [6.45, 7) is 2.07. The Bertz CT molecular complexity index is 295. The average Bonchev–Trinajstić information content (AvgIpc) is 2.51. The molecule has 2 N–H and O–H groups in total. The molecule has 0 saturated carbocycles. The van der Waals surface area contributed by atoms with Crippen LogP contribution in [0.25, 0.3) is 0 Å². The maximum atomic E-state index is 11.2. The molecule has 1 rings (SSSR count). The summed E-state index contributed by atoms with van der Waals surface area (Å²) in [6.07, 6.45) is 1.73. The van der Waals surface area contributed by atoms with Crippen molar-refractivity contribution in [1.29, 1.82) is 0 Å². The van der Waals surface area contributed by atoms with Gasteiger partial charge >= 0.3 is 5.97 Å². The molecule has 0 aliphatic carbocycles. The van der Waals surface area contributed by atoms with Gasteiger partial charge in [-0.15, -0.1) is 0 Å². The Morgan fingerprint density at radius 2 is 2.54 bits per heavy atom. The highest BCUT2D eigenvalue weighted by atomic mass is 16.5. The lowest BCUT2D eigenvalue weighted by Gasteiger charge is -2.06. The van der Waals surface area contributed by atoms with Crippen LogP contribution in [0.15, 0.2) is 12.3 Å². The van der Waals surface area contributed by atoms with Crippen LogP contribution in [-0.4, -0.2) is 22.4 Å². The summed E-state index contributed by atoms with van der Waals surface area (Å²) in [4.78, 5) is 11.2. The van der Waals surface area contributed by atoms with Crippen LogP contribution in [0.5, 0.6) is 0 Å². The van der Waals surface area contributed by atoms with Gasteiger partial charge in [0, 0.05) is 13.2 Å². The maximum Gasteiger partial charge on any atom is 0.329 e. The second kappa shape index (κ2) is 4.04. The summed E-state index contributed by atoms with van der Waals surface area (Å²) in [6, 6.07) is 0.919. The average molecular weight is 183 g/mol. The zero-order valence-corrected chi connectivity index (χ0v) is 7.73. The summed E-state index contributed by atoms with van der Waals surface area (Å²) in [5, 5.41) is 4.00. The standard InChI is InChI=1S/C8H13N3O2/c1-3-13-8(12)7(9)6-4-5-11(2)10-6/h4-5,7H,3,9H2,1-2H3. The first-order valence-electron chi connectivity index (χ1n) is 4.07. The predicted octanol–water partition coefficient (Wildman–Crippen LogP) is -0.0170. The van der Waals surface area contributed by atoms with Crippen LogP contribution in [0.4, 0.5) is 0 Å². The molecule has 0 aliphatic rings. The van der Waals surface area contributed by atoms with Gasteiger partial charge in [-0.1, -0.05) is 0 Å². The number of hydrogen-bond acceptors (Lipinski definition) is 4. The third-order valence-electron chi connectivity index (χ3n) is 1.59. The minimum Gasteiger partial charge on any atom is -0.465 e. The van der Waals surface area contributed by atoms with Crippen LogP contribution < -0.4 is 5.73 Å². The highest BCUT2D eigenvalue weighted by Crippen LogP contribution is 2.07. The molecule has 0 radical (unpaired) electrons. The van der Waals surface area contributed by atoms with Gasteiger partial charge in [-0.3, -0.25) is 4.68 Å². The van der Waals surface area contributed by atoms with Crippen LogP contribution in [-0.2, 0) is 16.6 Å². The summed E-state index contributed by atoms with van der Waals surface area (Å²) >= 11 is 0. The predicted molar refractivity (Wildman–Crippen MR) is 46.8 cm³/mol. The molecular formula is C8H13N3O2. The lowest BCUT2D eigenvalue weighted by Crippen LogP contribution is -2.24. The molecule has 1 heterocycles. The van der Waals surface area contributed by atoms with Crippen LogP contribution in [0.3, 0.4) is 0 Å². The van der Waals surface area contributed by atoms with Gasteiger partial charge in [0.15, 0.2) is 0 Å². The third kappa shape index (κ3) is 2.29. The van der Waals surface area contributed by atoms with Crippen LogP contribution in [0, 0.1) is 0 Å². The SMILES string of the molecule is CCOC(=O)C(N)c1ccn(C)n1.